The molecule has 0 spiro atoms. The van der Waals surface area contributed by atoms with Crippen LogP contribution in [-0.2, 0) is 9.16 Å². The van der Waals surface area contributed by atoms with Crippen molar-refractivity contribution in [2.45, 2.75) is 6.42 Å². The van der Waals surface area contributed by atoms with Gasteiger partial charge in [-0.25, -0.2) is 18.8 Å². The summed E-state index contributed by atoms with van der Waals surface area (Å²) >= 11 is 5.89. The maximum Gasteiger partial charge on any atom is 0.395 e. The molecule has 1 fully saturated rings. The molecule has 4 rings (SSSR count). The van der Waals surface area contributed by atoms with Crippen molar-refractivity contribution in [1.29, 1.82) is 0 Å². The van der Waals surface area contributed by atoms with Gasteiger partial charge in [-0.15, -0.1) is 0 Å². The summed E-state index contributed by atoms with van der Waals surface area (Å²) in [6.07, 6.45) is 2.31. The van der Waals surface area contributed by atoms with Crippen molar-refractivity contribution in [3.63, 3.8) is 0 Å². The molecule has 7 nitrogen and oxygen atoms in total. The van der Waals surface area contributed by atoms with E-state index in [9.17, 15) is 4.39 Å². The van der Waals surface area contributed by atoms with Gasteiger partial charge in [0, 0.05) is 36.8 Å². The molecule has 0 aliphatic carbocycles. The van der Waals surface area contributed by atoms with E-state index in [-0.39, 0.29) is 5.02 Å². The third-order valence-corrected chi connectivity index (χ3v) is 5.31. The zero-order valence-corrected chi connectivity index (χ0v) is 17.7. The Balaban J connectivity index is 1.51. The van der Waals surface area contributed by atoms with Crippen LogP contribution in [0.5, 0.6) is 11.5 Å². The quantitative estimate of drug-likeness (QED) is 0.410. The van der Waals surface area contributed by atoms with Crippen molar-refractivity contribution in [3.8, 4) is 11.5 Å². The highest BCUT2D eigenvalue weighted by atomic mass is 35.5. The van der Waals surface area contributed by atoms with Crippen molar-refractivity contribution in [1.82, 2.24) is 14.9 Å². The second-order valence-corrected chi connectivity index (χ2v) is 7.50. The summed E-state index contributed by atoms with van der Waals surface area (Å²) in [5.74, 6) is 1.11. The number of nitrogens with one attached hydrogen (secondary N) is 1. The number of fused-ring (bicyclic) bond motifs is 1. The monoisotopic (exact) mass is 445 g/mol. The molecule has 1 aliphatic heterocycles. The molecular weight excluding hydrogens is 423 g/mol. The van der Waals surface area contributed by atoms with Gasteiger partial charge < -0.3 is 14.8 Å². The zero-order valence-electron chi connectivity index (χ0n) is 16.9. The molecule has 1 aromatic heterocycles. The molecule has 0 unspecified atom stereocenters. The average Bonchev–Trinajstić information content (AvgIpc) is 2.79. The van der Waals surface area contributed by atoms with Crippen molar-refractivity contribution in [3.05, 3.63) is 47.5 Å². The van der Waals surface area contributed by atoms with Gasteiger partial charge in [0.15, 0.2) is 0 Å². The third-order valence-electron chi connectivity index (χ3n) is 5.02. The number of ether oxygens (including phenoxy) is 2. The molecule has 0 atom stereocenters. The number of anilines is 2. The predicted octanol–water partition coefficient (Wildman–Crippen LogP) is 4.34. The summed E-state index contributed by atoms with van der Waals surface area (Å²) in [5, 5.41) is 3.91. The average molecular weight is 446 g/mol. The Bertz CT molecular complexity index is 1080. The summed E-state index contributed by atoms with van der Waals surface area (Å²) < 4.78 is 30.1. The maximum atomic E-state index is 13.5. The molecule has 31 heavy (non-hydrogen) atoms. The molecule has 2 heterocycles. The fourth-order valence-corrected chi connectivity index (χ4v) is 3.58. The summed E-state index contributed by atoms with van der Waals surface area (Å²) in [7, 11) is 0. The van der Waals surface area contributed by atoms with Gasteiger partial charge in [-0.05, 0) is 24.6 Å². The standard InChI is InChI=1S/C22H23ClFN4O3/c1-29-20-13-19-16(12-21(20)31-8-2-5-28-6-9-30-10-7-28)22(26-14-25-19)27-15-3-4-18(24)17(23)11-15/h3-4,11-14H,1-2,5-10H2,(H,25,26,27)/q+1. The van der Waals surface area contributed by atoms with Crippen molar-refractivity contribution >= 4 is 40.8 Å². The summed E-state index contributed by atoms with van der Waals surface area (Å²) in [6, 6.07) is 7.96. The van der Waals surface area contributed by atoms with E-state index in [0.29, 0.717) is 35.1 Å². The molecule has 1 N–H and O–H groups in total. The normalized spacial score (nSPS) is 14.5. The first-order chi connectivity index (χ1) is 15.1. The molecule has 9 heteroatoms. The van der Waals surface area contributed by atoms with Crippen LogP contribution >= 0.6 is 11.6 Å². The highest BCUT2D eigenvalue weighted by Gasteiger charge is 2.18. The molecule has 0 bridgehead atoms. The Morgan fingerprint density at radius 3 is 2.84 bits per heavy atom. The molecule has 0 saturated carbocycles. The number of aromatic nitrogens is 2. The highest BCUT2D eigenvalue weighted by molar-refractivity contribution is 6.31. The number of morpholine rings is 1. The van der Waals surface area contributed by atoms with Crippen LogP contribution in [0, 0.1) is 5.82 Å². The first-order valence-corrected chi connectivity index (χ1v) is 10.4. The lowest BCUT2D eigenvalue weighted by molar-refractivity contribution is -0.356. The molecule has 2 aromatic carbocycles. The van der Waals surface area contributed by atoms with Gasteiger partial charge in [0.05, 0.1) is 36.4 Å². The third kappa shape index (κ3) is 5.28. The number of rotatable bonds is 8. The topological polar surface area (TPSA) is 70.8 Å². The number of hydrogen-bond acceptors (Lipinski definition) is 6. The second kappa shape index (κ2) is 10.00. The van der Waals surface area contributed by atoms with Gasteiger partial charge in [0.25, 0.3) is 6.79 Å². The van der Waals surface area contributed by atoms with Gasteiger partial charge in [0.2, 0.25) is 5.75 Å². The molecule has 1 saturated heterocycles. The first kappa shape index (κ1) is 21.4. The summed E-state index contributed by atoms with van der Waals surface area (Å²) in [4.78, 5) is 11.0. The molecular formula is C22H23ClFN4O3+. The smallest absolute Gasteiger partial charge is 0.395 e. The fraction of sp³-hybridized carbons (Fsp3) is 0.318. The van der Waals surface area contributed by atoms with Crippen molar-refractivity contribution in [2.75, 3.05) is 44.8 Å². The Hall–Kier alpha value is -2.81. The van der Waals surface area contributed by atoms with Crippen LogP contribution in [0.25, 0.3) is 10.9 Å². The van der Waals surface area contributed by atoms with Gasteiger partial charge in [0.1, 0.15) is 18.0 Å². The second-order valence-electron chi connectivity index (χ2n) is 7.09. The van der Waals surface area contributed by atoms with Crippen LogP contribution in [0.2, 0.25) is 5.02 Å². The van der Waals surface area contributed by atoms with E-state index >= 15 is 0 Å². The van der Waals surface area contributed by atoms with E-state index in [2.05, 4.69) is 27.0 Å². The molecule has 3 aromatic rings. The van der Waals surface area contributed by atoms with E-state index in [1.165, 1.54) is 18.5 Å². The Morgan fingerprint density at radius 2 is 2.06 bits per heavy atom. The van der Waals surface area contributed by atoms with E-state index in [1.807, 2.05) is 6.07 Å². The van der Waals surface area contributed by atoms with Gasteiger partial charge in [-0.1, -0.05) is 11.6 Å². The maximum absolute atomic E-state index is 13.5. The molecule has 0 amide bonds. The highest BCUT2D eigenvalue weighted by Crippen LogP contribution is 2.35. The number of halogens is 2. The Kier molecular flexibility index (Phi) is 6.91. The lowest BCUT2D eigenvalue weighted by Gasteiger charge is -2.26. The van der Waals surface area contributed by atoms with Crippen LogP contribution in [0.4, 0.5) is 15.9 Å². The van der Waals surface area contributed by atoms with Crippen LogP contribution in [0.1, 0.15) is 6.42 Å². The van der Waals surface area contributed by atoms with Gasteiger partial charge in [-0.3, -0.25) is 4.90 Å². The SMILES string of the molecule is C=[O+]c1cc2ncnc(Nc3ccc(F)c(Cl)c3)c2cc1OCCCN1CCOCC1. The van der Waals surface area contributed by atoms with Crippen LogP contribution < -0.4 is 10.1 Å². The predicted molar refractivity (Wildman–Crippen MR) is 118 cm³/mol. The molecule has 162 valence electrons. The van der Waals surface area contributed by atoms with E-state index in [1.54, 1.807) is 12.1 Å². The van der Waals surface area contributed by atoms with E-state index in [0.717, 1.165) is 44.7 Å². The molecule has 0 radical (unpaired) electrons. The van der Waals surface area contributed by atoms with E-state index < -0.39 is 5.82 Å². The Morgan fingerprint density at radius 1 is 1.23 bits per heavy atom. The van der Waals surface area contributed by atoms with E-state index in [4.69, 9.17) is 25.5 Å². The van der Waals surface area contributed by atoms with Crippen LogP contribution in [0.3, 0.4) is 0 Å². The van der Waals surface area contributed by atoms with Crippen LogP contribution in [-0.4, -0.2) is 61.1 Å². The summed E-state index contributed by atoms with van der Waals surface area (Å²) in [6.45, 7) is 8.45. The van der Waals surface area contributed by atoms with Crippen molar-refractivity contribution < 1.29 is 18.3 Å². The zero-order chi connectivity index (χ0) is 21.6. The van der Waals surface area contributed by atoms with Crippen LogP contribution in [0.15, 0.2) is 36.7 Å². The lowest BCUT2D eigenvalue weighted by Crippen LogP contribution is -2.37. The minimum absolute atomic E-state index is 0.0281. The van der Waals surface area contributed by atoms with Gasteiger partial charge in [-0.2, -0.15) is 0 Å². The summed E-state index contributed by atoms with van der Waals surface area (Å²) in [5.41, 5.74) is 1.27. The van der Waals surface area contributed by atoms with Gasteiger partial charge >= 0.3 is 5.75 Å². The lowest BCUT2D eigenvalue weighted by atomic mass is 10.2. The Labute approximate surface area is 184 Å². The fourth-order valence-electron chi connectivity index (χ4n) is 3.39. The molecule has 1 aliphatic rings. The first-order valence-electron chi connectivity index (χ1n) is 10.00. The number of hydrogen-bond donors (Lipinski definition) is 1. The minimum atomic E-state index is -0.482. The number of carbonyl (C=O) groups excluding carboxylic acids is 1. The largest absolute Gasteiger partial charge is 0.485 e. The van der Waals surface area contributed by atoms with Crippen molar-refractivity contribution in [2.24, 2.45) is 0 Å². The number of benzene rings is 2. The number of nitrogens with zero attached hydrogens (tertiary/aromatic N) is 3. The minimum Gasteiger partial charge on any atom is -0.485 e.